The van der Waals surface area contributed by atoms with Gasteiger partial charge in [-0.05, 0) is 13.8 Å². The average Bonchev–Trinajstić information content (AvgIpc) is 2.93. The lowest BCUT2D eigenvalue weighted by atomic mass is 10.6. The topological polar surface area (TPSA) is 89.8 Å². The first kappa shape index (κ1) is 14.4. The molecule has 0 saturated carbocycles. The van der Waals surface area contributed by atoms with Crippen molar-refractivity contribution in [3.05, 3.63) is 22.3 Å². The van der Waals surface area contributed by atoms with Crippen LogP contribution in [0.15, 0.2) is 10.5 Å². The van der Waals surface area contributed by atoms with Gasteiger partial charge in [0.15, 0.2) is 8.68 Å². The minimum atomic E-state index is -3.63. The van der Waals surface area contributed by atoms with Gasteiger partial charge in [0, 0.05) is 6.54 Å². The van der Waals surface area contributed by atoms with Gasteiger partial charge in [-0.3, -0.25) is 0 Å². The van der Waals surface area contributed by atoms with E-state index in [-0.39, 0.29) is 15.2 Å². The van der Waals surface area contributed by atoms with E-state index >= 15 is 0 Å². The van der Waals surface area contributed by atoms with Gasteiger partial charge in [-0.2, -0.15) is 0 Å². The summed E-state index contributed by atoms with van der Waals surface area (Å²) in [6.07, 6.45) is 1.55. The highest BCUT2D eigenvalue weighted by molar-refractivity contribution is 7.91. The monoisotopic (exact) mass is 321 g/mol. The molecule has 0 spiro atoms. The lowest BCUT2D eigenvalue weighted by molar-refractivity contribution is 0.576. The normalized spacial score (nSPS) is 11.9. The summed E-state index contributed by atoms with van der Waals surface area (Å²) < 4.78 is 28.8. The summed E-state index contributed by atoms with van der Waals surface area (Å²) >= 11 is 6.64. The third-order valence-corrected chi connectivity index (χ3v) is 5.70. The molecule has 2 aromatic rings. The molecule has 10 heteroatoms. The van der Waals surface area contributed by atoms with Crippen molar-refractivity contribution < 1.29 is 8.42 Å². The van der Waals surface area contributed by atoms with Crippen LogP contribution in [0, 0.1) is 6.92 Å². The Balaban J connectivity index is 2.17. The Bertz CT molecular complexity index is 679. The molecule has 0 bridgehead atoms. The quantitative estimate of drug-likeness (QED) is 0.893. The number of sulfonamides is 1. The molecule has 0 aliphatic carbocycles. The van der Waals surface area contributed by atoms with E-state index < -0.39 is 10.0 Å². The maximum atomic E-state index is 12.1. The van der Waals surface area contributed by atoms with Crippen LogP contribution in [-0.4, -0.2) is 28.2 Å². The van der Waals surface area contributed by atoms with Gasteiger partial charge in [-0.1, -0.05) is 22.9 Å². The van der Waals surface area contributed by atoms with Gasteiger partial charge in [0.2, 0.25) is 0 Å². The first-order valence-corrected chi connectivity index (χ1v) is 8.11. The van der Waals surface area contributed by atoms with E-state index in [9.17, 15) is 8.42 Å². The zero-order valence-electron chi connectivity index (χ0n) is 10.3. The van der Waals surface area contributed by atoms with Crippen LogP contribution < -0.4 is 4.72 Å². The number of aromatic nitrogens is 4. The van der Waals surface area contributed by atoms with E-state index in [2.05, 4.69) is 19.9 Å². The number of nitrogens with one attached hydrogen (secondary N) is 1. The fourth-order valence-corrected chi connectivity index (χ4v) is 4.27. The van der Waals surface area contributed by atoms with Crippen LogP contribution in [0.25, 0.3) is 0 Å². The van der Waals surface area contributed by atoms with E-state index in [0.717, 1.165) is 11.3 Å². The molecule has 0 aromatic carbocycles. The molecule has 0 unspecified atom stereocenters. The van der Waals surface area contributed by atoms with Crippen molar-refractivity contribution in [3.8, 4) is 0 Å². The Morgan fingerprint density at radius 3 is 2.84 bits per heavy atom. The molecule has 0 fully saturated rings. The summed E-state index contributed by atoms with van der Waals surface area (Å²) in [5.74, 6) is 0.555. The maximum Gasteiger partial charge on any atom is 0.252 e. The number of thiazole rings is 1. The zero-order valence-corrected chi connectivity index (χ0v) is 12.7. The van der Waals surface area contributed by atoms with E-state index in [1.54, 1.807) is 17.8 Å². The highest BCUT2D eigenvalue weighted by atomic mass is 35.5. The molecule has 2 aromatic heterocycles. The molecular formula is C9H12ClN5O2S2. The van der Waals surface area contributed by atoms with Crippen molar-refractivity contribution in [3.63, 3.8) is 0 Å². The van der Waals surface area contributed by atoms with E-state index in [1.807, 2.05) is 6.92 Å². The Hall–Kier alpha value is -1.03. The van der Waals surface area contributed by atoms with Gasteiger partial charge >= 0.3 is 0 Å². The van der Waals surface area contributed by atoms with E-state index in [4.69, 9.17) is 11.6 Å². The second-order valence-corrected chi connectivity index (χ2v) is 7.24. The van der Waals surface area contributed by atoms with Crippen LogP contribution in [0.4, 0.5) is 0 Å². The highest BCUT2D eigenvalue weighted by Gasteiger charge is 2.21. The van der Waals surface area contributed by atoms with Crippen molar-refractivity contribution in [1.82, 2.24) is 24.5 Å². The summed E-state index contributed by atoms with van der Waals surface area (Å²) in [5, 5.41) is 7.59. The van der Waals surface area contributed by atoms with Gasteiger partial charge in [0.1, 0.15) is 12.2 Å². The molecule has 7 nitrogen and oxygen atoms in total. The summed E-state index contributed by atoms with van der Waals surface area (Å²) in [4.78, 5) is 3.89. The van der Waals surface area contributed by atoms with Gasteiger partial charge in [0.05, 0.1) is 12.2 Å². The Morgan fingerprint density at radius 1 is 1.53 bits per heavy atom. The molecule has 19 heavy (non-hydrogen) atoms. The maximum absolute atomic E-state index is 12.1. The van der Waals surface area contributed by atoms with Gasteiger partial charge in [-0.15, -0.1) is 10.2 Å². The van der Waals surface area contributed by atoms with Crippen LogP contribution in [0.1, 0.15) is 18.4 Å². The van der Waals surface area contributed by atoms with Gasteiger partial charge in [0.25, 0.3) is 10.0 Å². The van der Waals surface area contributed by atoms with Crippen LogP contribution in [-0.2, 0) is 23.1 Å². The first-order valence-electron chi connectivity index (χ1n) is 5.43. The largest absolute Gasteiger partial charge is 0.317 e. The van der Waals surface area contributed by atoms with Crippen LogP contribution >= 0.6 is 22.9 Å². The summed E-state index contributed by atoms with van der Waals surface area (Å²) in [7, 11) is -3.63. The standard InChI is InChI=1S/C9H12ClN5O2S2/c1-3-15-5-11-14-7(15)4-12-19(16,17)8-6(2)13-9(10)18-8/h5,12H,3-4H2,1-2H3. The van der Waals surface area contributed by atoms with Crippen LogP contribution in [0.2, 0.25) is 4.47 Å². The van der Waals surface area contributed by atoms with E-state index in [0.29, 0.717) is 18.1 Å². The number of nitrogens with zero attached hydrogens (tertiary/aromatic N) is 4. The second kappa shape index (κ2) is 5.53. The van der Waals surface area contributed by atoms with Gasteiger partial charge in [-0.25, -0.2) is 18.1 Å². The van der Waals surface area contributed by atoms with Crippen molar-refractivity contribution in [1.29, 1.82) is 0 Å². The van der Waals surface area contributed by atoms with Crippen molar-refractivity contribution >= 4 is 33.0 Å². The Kier molecular flexibility index (Phi) is 4.19. The van der Waals surface area contributed by atoms with Crippen LogP contribution in [0.5, 0.6) is 0 Å². The fourth-order valence-electron chi connectivity index (χ4n) is 1.51. The number of rotatable bonds is 5. The van der Waals surface area contributed by atoms with Gasteiger partial charge < -0.3 is 4.57 Å². The number of hydrogen-bond donors (Lipinski definition) is 1. The number of halogens is 1. The van der Waals surface area contributed by atoms with Crippen LogP contribution in [0.3, 0.4) is 0 Å². The molecule has 104 valence electrons. The third-order valence-electron chi connectivity index (χ3n) is 2.43. The van der Waals surface area contributed by atoms with Crippen molar-refractivity contribution in [2.24, 2.45) is 0 Å². The summed E-state index contributed by atoms with van der Waals surface area (Å²) in [6, 6.07) is 0. The molecule has 0 aliphatic heterocycles. The predicted molar refractivity (Wildman–Crippen MR) is 71.6 cm³/mol. The molecule has 0 atom stereocenters. The summed E-state index contributed by atoms with van der Waals surface area (Å²) in [6.45, 7) is 4.28. The smallest absolute Gasteiger partial charge is 0.252 e. The number of hydrogen-bond acceptors (Lipinski definition) is 6. The summed E-state index contributed by atoms with van der Waals surface area (Å²) in [5.41, 5.74) is 0.388. The first-order chi connectivity index (χ1) is 8.94. The number of aryl methyl sites for hydroxylation is 2. The minimum absolute atomic E-state index is 0.0745. The molecule has 0 amide bonds. The average molecular weight is 322 g/mol. The van der Waals surface area contributed by atoms with Crippen molar-refractivity contribution in [2.75, 3.05) is 0 Å². The minimum Gasteiger partial charge on any atom is -0.317 e. The fraction of sp³-hybridized carbons (Fsp3) is 0.444. The molecule has 0 aliphatic rings. The molecule has 2 heterocycles. The highest BCUT2D eigenvalue weighted by Crippen LogP contribution is 2.26. The lowest BCUT2D eigenvalue weighted by Gasteiger charge is -2.05. The molecular weight excluding hydrogens is 310 g/mol. The Labute approximate surface area is 119 Å². The lowest BCUT2D eigenvalue weighted by Crippen LogP contribution is -2.24. The van der Waals surface area contributed by atoms with Crippen molar-refractivity contribution in [2.45, 2.75) is 31.1 Å². The Morgan fingerprint density at radius 2 is 2.26 bits per heavy atom. The molecule has 2 rings (SSSR count). The molecule has 0 radical (unpaired) electrons. The third kappa shape index (κ3) is 3.11. The predicted octanol–water partition coefficient (Wildman–Crippen LogP) is 1.19. The molecule has 0 saturated heterocycles. The zero-order chi connectivity index (χ0) is 14.0. The second-order valence-electron chi connectivity index (χ2n) is 3.70. The SMILES string of the molecule is CCn1cnnc1CNS(=O)(=O)c1sc(Cl)nc1C. The van der Waals surface area contributed by atoms with E-state index in [1.165, 1.54) is 0 Å². The molecule has 1 N–H and O–H groups in total.